The highest BCUT2D eigenvalue weighted by Gasteiger charge is 2.39. The van der Waals surface area contributed by atoms with Crippen LogP contribution in [0.3, 0.4) is 0 Å². The molecule has 2 atom stereocenters. The SMILES string of the molecule is COc1cc(N2C[C@H]3CC[C@H](C2)C3N)ccn1. The number of fused-ring (bicyclic) bond motifs is 2. The predicted molar refractivity (Wildman–Crippen MR) is 67.2 cm³/mol. The Labute approximate surface area is 102 Å². The Kier molecular flexibility index (Phi) is 2.67. The van der Waals surface area contributed by atoms with Gasteiger partial charge in [0.1, 0.15) is 0 Å². The molecule has 4 nitrogen and oxygen atoms in total. The van der Waals surface area contributed by atoms with E-state index in [4.69, 9.17) is 10.5 Å². The number of hydrogen-bond acceptors (Lipinski definition) is 4. The van der Waals surface area contributed by atoms with E-state index in [0.717, 1.165) is 13.1 Å². The maximum Gasteiger partial charge on any atom is 0.214 e. The third-order valence-corrected chi connectivity index (χ3v) is 4.20. The molecule has 4 heteroatoms. The third kappa shape index (κ3) is 1.86. The van der Waals surface area contributed by atoms with Crippen LogP contribution < -0.4 is 15.4 Å². The average molecular weight is 233 g/mol. The molecule has 2 N–H and O–H groups in total. The minimum absolute atomic E-state index is 0.412. The third-order valence-electron chi connectivity index (χ3n) is 4.20. The van der Waals surface area contributed by atoms with Gasteiger partial charge in [0.15, 0.2) is 0 Å². The van der Waals surface area contributed by atoms with Gasteiger partial charge in [0.2, 0.25) is 5.88 Å². The molecule has 0 unspecified atom stereocenters. The normalized spacial score (nSPS) is 31.6. The molecule has 1 saturated carbocycles. The van der Waals surface area contributed by atoms with Crippen LogP contribution in [0, 0.1) is 11.8 Å². The van der Waals surface area contributed by atoms with E-state index in [9.17, 15) is 0 Å². The molecule has 1 saturated heterocycles. The summed E-state index contributed by atoms with van der Waals surface area (Å²) in [5.74, 6) is 2.01. The Morgan fingerprint density at radius 2 is 2.06 bits per heavy atom. The minimum atomic E-state index is 0.412. The average Bonchev–Trinajstić information content (AvgIpc) is 2.61. The van der Waals surface area contributed by atoms with Gasteiger partial charge in [-0.05, 0) is 30.7 Å². The van der Waals surface area contributed by atoms with E-state index in [1.165, 1.54) is 18.5 Å². The van der Waals surface area contributed by atoms with Crippen molar-refractivity contribution in [1.29, 1.82) is 0 Å². The summed E-state index contributed by atoms with van der Waals surface area (Å²) in [5, 5.41) is 0. The molecule has 0 radical (unpaired) electrons. The van der Waals surface area contributed by atoms with Gasteiger partial charge in [-0.25, -0.2) is 4.98 Å². The largest absolute Gasteiger partial charge is 0.481 e. The molecule has 1 aliphatic carbocycles. The van der Waals surface area contributed by atoms with Crippen molar-refractivity contribution in [2.45, 2.75) is 18.9 Å². The lowest BCUT2D eigenvalue weighted by molar-refractivity contribution is 0.355. The minimum Gasteiger partial charge on any atom is -0.481 e. The zero-order valence-electron chi connectivity index (χ0n) is 10.2. The number of piperidine rings is 1. The zero-order valence-corrected chi connectivity index (χ0v) is 10.2. The van der Waals surface area contributed by atoms with Gasteiger partial charge in [-0.1, -0.05) is 0 Å². The second kappa shape index (κ2) is 4.18. The molecule has 92 valence electrons. The monoisotopic (exact) mass is 233 g/mol. The van der Waals surface area contributed by atoms with Gasteiger partial charge >= 0.3 is 0 Å². The lowest BCUT2D eigenvalue weighted by atomic mass is 9.93. The molecule has 2 aliphatic rings. The van der Waals surface area contributed by atoms with Crippen LogP contribution in [0.15, 0.2) is 18.3 Å². The fourth-order valence-corrected chi connectivity index (χ4v) is 3.18. The van der Waals surface area contributed by atoms with Crippen LogP contribution in [-0.4, -0.2) is 31.2 Å². The highest BCUT2D eigenvalue weighted by Crippen LogP contribution is 2.37. The summed E-state index contributed by atoms with van der Waals surface area (Å²) in [7, 11) is 1.65. The van der Waals surface area contributed by atoms with Crippen LogP contribution in [-0.2, 0) is 0 Å². The summed E-state index contributed by atoms with van der Waals surface area (Å²) in [5.41, 5.74) is 7.43. The number of pyridine rings is 1. The Morgan fingerprint density at radius 1 is 1.35 bits per heavy atom. The number of hydrogen-bond donors (Lipinski definition) is 1. The van der Waals surface area contributed by atoms with E-state index in [0.29, 0.717) is 23.8 Å². The first kappa shape index (κ1) is 10.8. The molecule has 1 aliphatic heterocycles. The van der Waals surface area contributed by atoms with Crippen LogP contribution in [0.4, 0.5) is 5.69 Å². The number of ether oxygens (including phenoxy) is 1. The molecule has 17 heavy (non-hydrogen) atoms. The van der Waals surface area contributed by atoms with Gasteiger partial charge in [0, 0.05) is 37.1 Å². The van der Waals surface area contributed by atoms with Crippen LogP contribution >= 0.6 is 0 Å². The van der Waals surface area contributed by atoms with Crippen molar-refractivity contribution in [3.05, 3.63) is 18.3 Å². The van der Waals surface area contributed by atoms with E-state index in [-0.39, 0.29) is 0 Å². The summed E-state index contributed by atoms with van der Waals surface area (Å²) >= 11 is 0. The predicted octanol–water partition coefficient (Wildman–Crippen LogP) is 1.26. The molecule has 2 heterocycles. The molecule has 0 amide bonds. The van der Waals surface area contributed by atoms with Gasteiger partial charge in [-0.15, -0.1) is 0 Å². The van der Waals surface area contributed by atoms with Gasteiger partial charge in [-0.2, -0.15) is 0 Å². The molecule has 1 aromatic rings. The summed E-state index contributed by atoms with van der Waals surface area (Å²) in [4.78, 5) is 6.57. The second-order valence-electron chi connectivity index (χ2n) is 5.14. The van der Waals surface area contributed by atoms with Gasteiger partial charge in [0.25, 0.3) is 0 Å². The van der Waals surface area contributed by atoms with Gasteiger partial charge in [0.05, 0.1) is 7.11 Å². The number of nitrogens with zero attached hydrogens (tertiary/aromatic N) is 2. The van der Waals surface area contributed by atoms with E-state index in [1.807, 2.05) is 12.3 Å². The fourth-order valence-electron chi connectivity index (χ4n) is 3.18. The Bertz CT molecular complexity index is 395. The molecule has 0 spiro atoms. The number of anilines is 1. The van der Waals surface area contributed by atoms with Crippen molar-refractivity contribution in [2.24, 2.45) is 17.6 Å². The summed E-state index contributed by atoms with van der Waals surface area (Å²) in [6, 6.07) is 4.48. The smallest absolute Gasteiger partial charge is 0.214 e. The first-order valence-electron chi connectivity index (χ1n) is 6.28. The second-order valence-corrected chi connectivity index (χ2v) is 5.14. The maximum absolute atomic E-state index is 6.22. The van der Waals surface area contributed by atoms with Crippen LogP contribution in [0.5, 0.6) is 5.88 Å². The number of aromatic nitrogens is 1. The highest BCUT2D eigenvalue weighted by molar-refractivity contribution is 5.49. The molecule has 2 bridgehead atoms. The standard InChI is InChI=1S/C13H19N3O/c1-17-12-6-11(4-5-15-12)16-7-9-2-3-10(8-16)13(9)14/h4-6,9-10,13H,2-3,7-8,14H2,1H3/t9-,10-/m1/s1. The molecule has 1 aromatic heterocycles. The zero-order chi connectivity index (χ0) is 11.8. The van der Waals surface area contributed by atoms with Gasteiger partial charge < -0.3 is 15.4 Å². The maximum atomic E-state index is 6.22. The molecular formula is C13H19N3O. The lowest BCUT2D eigenvalue weighted by Crippen LogP contribution is -2.48. The Morgan fingerprint density at radius 3 is 2.71 bits per heavy atom. The Hall–Kier alpha value is -1.29. The number of rotatable bonds is 2. The van der Waals surface area contributed by atoms with Crippen LogP contribution in [0.1, 0.15) is 12.8 Å². The van der Waals surface area contributed by atoms with Crippen molar-refractivity contribution < 1.29 is 4.74 Å². The van der Waals surface area contributed by atoms with E-state index >= 15 is 0 Å². The number of nitrogens with two attached hydrogens (primary N) is 1. The van der Waals surface area contributed by atoms with Crippen molar-refractivity contribution in [1.82, 2.24) is 4.98 Å². The van der Waals surface area contributed by atoms with E-state index < -0.39 is 0 Å². The van der Waals surface area contributed by atoms with Crippen molar-refractivity contribution in [3.8, 4) is 5.88 Å². The van der Waals surface area contributed by atoms with Crippen molar-refractivity contribution in [2.75, 3.05) is 25.1 Å². The van der Waals surface area contributed by atoms with E-state index in [1.54, 1.807) is 7.11 Å². The van der Waals surface area contributed by atoms with Crippen LogP contribution in [0.25, 0.3) is 0 Å². The topological polar surface area (TPSA) is 51.4 Å². The molecule has 2 fully saturated rings. The lowest BCUT2D eigenvalue weighted by Gasteiger charge is -2.37. The summed E-state index contributed by atoms with van der Waals surface area (Å²) < 4.78 is 5.17. The molecular weight excluding hydrogens is 214 g/mol. The highest BCUT2D eigenvalue weighted by atomic mass is 16.5. The fraction of sp³-hybridized carbons (Fsp3) is 0.615. The number of methoxy groups -OCH3 is 1. The quantitative estimate of drug-likeness (QED) is 0.835. The summed E-state index contributed by atoms with van der Waals surface area (Å²) in [6.07, 6.45) is 4.37. The Balaban J connectivity index is 1.81. The van der Waals surface area contributed by atoms with E-state index in [2.05, 4.69) is 16.0 Å². The summed E-state index contributed by atoms with van der Waals surface area (Å²) in [6.45, 7) is 2.15. The van der Waals surface area contributed by atoms with Crippen molar-refractivity contribution in [3.63, 3.8) is 0 Å². The van der Waals surface area contributed by atoms with Crippen molar-refractivity contribution >= 4 is 5.69 Å². The molecule has 3 rings (SSSR count). The first-order chi connectivity index (χ1) is 8.28. The van der Waals surface area contributed by atoms with Gasteiger partial charge in [-0.3, -0.25) is 0 Å². The molecule has 0 aromatic carbocycles. The van der Waals surface area contributed by atoms with Crippen LogP contribution in [0.2, 0.25) is 0 Å². The first-order valence-corrected chi connectivity index (χ1v) is 6.28.